The van der Waals surface area contributed by atoms with Gasteiger partial charge in [0.25, 0.3) is 0 Å². The number of carbonyl (C=O) groups is 1. The zero-order valence-corrected chi connectivity index (χ0v) is 9.34. The number of benzene rings is 1. The average Bonchev–Trinajstić information content (AvgIpc) is 2.17. The lowest BCUT2D eigenvalue weighted by molar-refractivity contribution is -0.144. The van der Waals surface area contributed by atoms with Gasteiger partial charge in [-0.25, -0.2) is 4.39 Å². The van der Waals surface area contributed by atoms with E-state index in [9.17, 15) is 9.18 Å². The number of hydrogen-bond acceptors (Lipinski definition) is 2. The summed E-state index contributed by atoms with van der Waals surface area (Å²) in [5.74, 6) is -1.25. The van der Waals surface area contributed by atoms with Crippen LogP contribution in [0.3, 0.4) is 0 Å². The fourth-order valence-corrected chi connectivity index (χ4v) is 1.58. The fourth-order valence-electron chi connectivity index (χ4n) is 1.25. The Balaban J connectivity index is 2.91. The van der Waals surface area contributed by atoms with E-state index < -0.39 is 11.7 Å². The molecule has 0 saturated carbocycles. The summed E-state index contributed by atoms with van der Waals surface area (Å²) in [4.78, 5) is 11.4. The lowest BCUT2D eigenvalue weighted by Gasteiger charge is -2.12. The molecule has 0 N–H and O–H groups in total. The van der Waals surface area contributed by atoms with Crippen LogP contribution in [-0.4, -0.2) is 12.6 Å². The molecule has 82 valence electrons. The van der Waals surface area contributed by atoms with Crippen LogP contribution in [0.4, 0.5) is 4.39 Å². The fraction of sp³-hybridized carbons (Fsp3) is 0.364. The molecular formula is C11H12ClFO2. The van der Waals surface area contributed by atoms with E-state index in [-0.39, 0.29) is 11.0 Å². The molecule has 4 heteroatoms. The minimum absolute atomic E-state index is 0.246. The number of rotatable bonds is 3. The Morgan fingerprint density at radius 3 is 2.80 bits per heavy atom. The average molecular weight is 231 g/mol. The third kappa shape index (κ3) is 2.93. The van der Waals surface area contributed by atoms with Gasteiger partial charge in [-0.05, 0) is 31.5 Å². The summed E-state index contributed by atoms with van der Waals surface area (Å²) in [7, 11) is 0. The van der Waals surface area contributed by atoms with Crippen molar-refractivity contribution < 1.29 is 13.9 Å². The van der Waals surface area contributed by atoms with Crippen LogP contribution in [0.5, 0.6) is 0 Å². The molecule has 0 saturated heterocycles. The molecule has 2 nitrogen and oxygen atoms in total. The highest BCUT2D eigenvalue weighted by atomic mass is 35.5. The summed E-state index contributed by atoms with van der Waals surface area (Å²) in [6.45, 7) is 3.73. The van der Waals surface area contributed by atoms with Gasteiger partial charge in [0, 0.05) is 5.02 Å². The van der Waals surface area contributed by atoms with Crippen molar-refractivity contribution in [3.8, 4) is 0 Å². The molecule has 0 aliphatic rings. The summed E-state index contributed by atoms with van der Waals surface area (Å²) in [6.07, 6.45) is 0. The summed E-state index contributed by atoms with van der Waals surface area (Å²) >= 11 is 5.82. The molecule has 1 unspecified atom stereocenters. The first-order valence-corrected chi connectivity index (χ1v) is 5.05. The van der Waals surface area contributed by atoms with Crippen molar-refractivity contribution in [3.63, 3.8) is 0 Å². The molecule has 0 heterocycles. The van der Waals surface area contributed by atoms with E-state index in [1.165, 1.54) is 18.2 Å². The Bertz CT molecular complexity index is 366. The first-order chi connectivity index (χ1) is 7.06. The summed E-state index contributed by atoms with van der Waals surface area (Å²) in [5.41, 5.74) is 0.580. The zero-order valence-electron chi connectivity index (χ0n) is 8.59. The summed E-state index contributed by atoms with van der Waals surface area (Å²) in [6, 6.07) is 3.96. The van der Waals surface area contributed by atoms with Crippen molar-refractivity contribution in [2.24, 2.45) is 0 Å². The van der Waals surface area contributed by atoms with Crippen molar-refractivity contribution >= 4 is 17.6 Å². The Hall–Kier alpha value is -1.09. The highest BCUT2D eigenvalue weighted by molar-refractivity contribution is 6.31. The second-order valence-electron chi connectivity index (χ2n) is 3.14. The van der Waals surface area contributed by atoms with Gasteiger partial charge in [0.2, 0.25) is 0 Å². The summed E-state index contributed by atoms with van der Waals surface area (Å²) in [5, 5.41) is 0.246. The van der Waals surface area contributed by atoms with Crippen molar-refractivity contribution in [1.82, 2.24) is 0 Å². The lowest BCUT2D eigenvalue weighted by atomic mass is 10.0. The third-order valence-electron chi connectivity index (χ3n) is 2.07. The van der Waals surface area contributed by atoms with Crippen LogP contribution in [0.25, 0.3) is 0 Å². The van der Waals surface area contributed by atoms with E-state index in [1.807, 2.05) is 0 Å². The molecule has 0 spiro atoms. The van der Waals surface area contributed by atoms with E-state index >= 15 is 0 Å². The second kappa shape index (κ2) is 5.12. The Kier molecular flexibility index (Phi) is 4.09. The SMILES string of the molecule is CCOC(=O)C(C)c1ccc(F)cc1Cl. The summed E-state index contributed by atoms with van der Waals surface area (Å²) < 4.78 is 17.6. The largest absolute Gasteiger partial charge is 0.466 e. The molecule has 0 radical (unpaired) electrons. The van der Waals surface area contributed by atoms with Gasteiger partial charge in [0.05, 0.1) is 12.5 Å². The van der Waals surface area contributed by atoms with Gasteiger partial charge >= 0.3 is 5.97 Å². The van der Waals surface area contributed by atoms with Gasteiger partial charge in [-0.3, -0.25) is 4.79 Å². The van der Waals surface area contributed by atoms with Gasteiger partial charge in [-0.15, -0.1) is 0 Å². The zero-order chi connectivity index (χ0) is 11.4. The van der Waals surface area contributed by atoms with Crippen LogP contribution in [0.2, 0.25) is 5.02 Å². The Morgan fingerprint density at radius 2 is 2.27 bits per heavy atom. The van der Waals surface area contributed by atoms with Gasteiger partial charge in [0.15, 0.2) is 0 Å². The quantitative estimate of drug-likeness (QED) is 0.746. The highest BCUT2D eigenvalue weighted by Crippen LogP contribution is 2.26. The molecule has 1 rings (SSSR count). The first-order valence-electron chi connectivity index (χ1n) is 4.67. The van der Waals surface area contributed by atoms with Crippen molar-refractivity contribution in [2.75, 3.05) is 6.61 Å². The van der Waals surface area contributed by atoms with Gasteiger partial charge in [-0.1, -0.05) is 17.7 Å². The maximum absolute atomic E-state index is 12.8. The molecule has 1 aromatic rings. The van der Waals surface area contributed by atoms with Crippen LogP contribution in [0.1, 0.15) is 25.3 Å². The van der Waals surface area contributed by atoms with Crippen LogP contribution in [0.15, 0.2) is 18.2 Å². The Labute approximate surface area is 93.0 Å². The van der Waals surface area contributed by atoms with E-state index in [0.29, 0.717) is 12.2 Å². The standard InChI is InChI=1S/C11H12ClFO2/c1-3-15-11(14)7(2)9-5-4-8(13)6-10(9)12/h4-7H,3H2,1-2H3. The molecular weight excluding hydrogens is 219 g/mol. The number of carbonyl (C=O) groups excluding carboxylic acids is 1. The molecule has 0 fully saturated rings. The van der Waals surface area contributed by atoms with Crippen LogP contribution in [-0.2, 0) is 9.53 Å². The lowest BCUT2D eigenvalue weighted by Crippen LogP contribution is -2.13. The van der Waals surface area contributed by atoms with Gasteiger partial charge in [-0.2, -0.15) is 0 Å². The molecule has 0 bridgehead atoms. The van der Waals surface area contributed by atoms with Crippen LogP contribution >= 0.6 is 11.6 Å². The van der Waals surface area contributed by atoms with Crippen molar-refractivity contribution in [1.29, 1.82) is 0 Å². The minimum Gasteiger partial charge on any atom is -0.466 e. The first kappa shape index (κ1) is 12.0. The monoisotopic (exact) mass is 230 g/mol. The number of hydrogen-bond donors (Lipinski definition) is 0. The predicted molar refractivity (Wildman–Crippen MR) is 56.5 cm³/mol. The molecule has 0 aliphatic heterocycles. The molecule has 1 aromatic carbocycles. The number of ether oxygens (including phenoxy) is 1. The maximum Gasteiger partial charge on any atom is 0.313 e. The Morgan fingerprint density at radius 1 is 1.60 bits per heavy atom. The smallest absolute Gasteiger partial charge is 0.313 e. The van der Waals surface area contributed by atoms with E-state index in [1.54, 1.807) is 13.8 Å². The topological polar surface area (TPSA) is 26.3 Å². The van der Waals surface area contributed by atoms with Gasteiger partial charge < -0.3 is 4.74 Å². The minimum atomic E-state index is -0.474. The van der Waals surface area contributed by atoms with E-state index in [4.69, 9.17) is 16.3 Å². The predicted octanol–water partition coefficient (Wildman–Crippen LogP) is 3.15. The molecule has 15 heavy (non-hydrogen) atoms. The second-order valence-corrected chi connectivity index (χ2v) is 3.55. The molecule has 0 aliphatic carbocycles. The normalized spacial score (nSPS) is 12.3. The van der Waals surface area contributed by atoms with E-state index in [2.05, 4.69) is 0 Å². The van der Waals surface area contributed by atoms with Crippen LogP contribution < -0.4 is 0 Å². The molecule has 0 aromatic heterocycles. The van der Waals surface area contributed by atoms with Gasteiger partial charge in [0.1, 0.15) is 5.82 Å². The number of esters is 1. The van der Waals surface area contributed by atoms with E-state index in [0.717, 1.165) is 0 Å². The highest BCUT2D eigenvalue weighted by Gasteiger charge is 2.19. The molecule has 0 amide bonds. The van der Waals surface area contributed by atoms with Crippen LogP contribution in [0, 0.1) is 5.82 Å². The van der Waals surface area contributed by atoms with Crippen molar-refractivity contribution in [3.05, 3.63) is 34.6 Å². The molecule has 1 atom stereocenters. The third-order valence-corrected chi connectivity index (χ3v) is 2.40. The maximum atomic E-state index is 12.8. The number of halogens is 2. The van der Waals surface area contributed by atoms with Crippen molar-refractivity contribution in [2.45, 2.75) is 19.8 Å².